The summed E-state index contributed by atoms with van der Waals surface area (Å²) in [6.45, 7) is 2.82. The van der Waals surface area contributed by atoms with Crippen LogP contribution in [0.4, 0.5) is 5.95 Å². The summed E-state index contributed by atoms with van der Waals surface area (Å²) in [4.78, 5) is 35.8. The van der Waals surface area contributed by atoms with E-state index in [1.165, 1.54) is 6.33 Å². The number of carbonyl (C=O) groups is 1. The number of hydrogen-bond acceptors (Lipinski definition) is 7. The first kappa shape index (κ1) is 16.0. The number of likely N-dealkylation sites (N-methyl/N-ethyl adjacent to an activating group) is 1. The minimum atomic E-state index is -0.400. The van der Waals surface area contributed by atoms with Gasteiger partial charge in [0.05, 0.1) is 12.7 Å². The van der Waals surface area contributed by atoms with Crippen molar-refractivity contribution in [1.29, 1.82) is 0 Å². The number of aromatic amines is 1. The molecular weight excluding hydrogens is 288 g/mol. The van der Waals surface area contributed by atoms with E-state index in [4.69, 9.17) is 10.5 Å². The molecule has 2 heterocycles. The summed E-state index contributed by atoms with van der Waals surface area (Å²) >= 11 is 0. The molecule has 0 fully saturated rings. The molecule has 2 rings (SSSR count). The molecule has 0 aromatic carbocycles. The molecule has 1 atom stereocenters. The number of anilines is 1. The van der Waals surface area contributed by atoms with Crippen molar-refractivity contribution in [1.82, 2.24) is 24.4 Å². The van der Waals surface area contributed by atoms with Crippen LogP contribution < -0.4 is 11.3 Å². The van der Waals surface area contributed by atoms with Crippen molar-refractivity contribution in [2.24, 2.45) is 0 Å². The van der Waals surface area contributed by atoms with Gasteiger partial charge < -0.3 is 19.9 Å². The number of H-pyrrole nitrogens is 1. The fraction of sp³-hybridized carbons (Fsp3) is 0.538. The van der Waals surface area contributed by atoms with Crippen LogP contribution in [0.1, 0.15) is 13.3 Å². The number of aromatic nitrogens is 4. The largest absolute Gasteiger partial charge is 0.461 e. The number of nitrogens with one attached hydrogen (secondary N) is 1. The maximum atomic E-state index is 11.8. The van der Waals surface area contributed by atoms with Crippen molar-refractivity contribution in [2.75, 3.05) is 26.4 Å². The highest BCUT2D eigenvalue weighted by atomic mass is 16.5. The Kier molecular flexibility index (Phi) is 4.76. The molecule has 1 unspecified atom stereocenters. The van der Waals surface area contributed by atoms with Crippen molar-refractivity contribution >= 4 is 23.1 Å². The predicted molar refractivity (Wildman–Crippen MR) is 81.3 cm³/mol. The number of nitrogen functional groups attached to an aromatic ring is 1. The van der Waals surface area contributed by atoms with Crippen LogP contribution in [-0.2, 0) is 16.1 Å². The van der Waals surface area contributed by atoms with Crippen LogP contribution in [0, 0.1) is 0 Å². The maximum Gasteiger partial charge on any atom is 0.307 e. The number of nitrogens with zero attached hydrogens (tertiary/aromatic N) is 4. The zero-order valence-corrected chi connectivity index (χ0v) is 12.9. The molecule has 0 aliphatic rings. The molecule has 0 aliphatic carbocycles. The fourth-order valence-electron chi connectivity index (χ4n) is 2.18. The van der Waals surface area contributed by atoms with Crippen LogP contribution in [0.2, 0.25) is 0 Å². The van der Waals surface area contributed by atoms with Crippen molar-refractivity contribution < 1.29 is 9.53 Å². The summed E-state index contributed by atoms with van der Waals surface area (Å²) in [6.07, 6.45) is 1.44. The van der Waals surface area contributed by atoms with Gasteiger partial charge in [-0.25, -0.2) is 4.98 Å². The summed E-state index contributed by atoms with van der Waals surface area (Å²) in [6, 6.07) is 0. The van der Waals surface area contributed by atoms with Gasteiger partial charge in [0.1, 0.15) is 6.10 Å². The molecule has 120 valence electrons. The third kappa shape index (κ3) is 3.82. The second-order valence-electron chi connectivity index (χ2n) is 5.37. The van der Waals surface area contributed by atoms with E-state index >= 15 is 0 Å². The molecular formula is C13H20N6O3. The van der Waals surface area contributed by atoms with E-state index in [2.05, 4.69) is 15.0 Å². The lowest BCUT2D eigenvalue weighted by Gasteiger charge is -2.17. The molecule has 22 heavy (non-hydrogen) atoms. The Morgan fingerprint density at radius 1 is 1.55 bits per heavy atom. The average molecular weight is 308 g/mol. The highest BCUT2D eigenvalue weighted by Crippen LogP contribution is 2.08. The van der Waals surface area contributed by atoms with Gasteiger partial charge in [-0.3, -0.25) is 14.6 Å². The smallest absolute Gasteiger partial charge is 0.307 e. The number of esters is 1. The Bertz CT molecular complexity index is 720. The van der Waals surface area contributed by atoms with E-state index in [0.29, 0.717) is 18.7 Å². The number of ether oxygens (including phenoxy) is 1. The fourth-order valence-corrected chi connectivity index (χ4v) is 2.18. The van der Waals surface area contributed by atoms with E-state index < -0.39 is 5.56 Å². The van der Waals surface area contributed by atoms with E-state index in [-0.39, 0.29) is 30.0 Å². The molecule has 3 N–H and O–H groups in total. The van der Waals surface area contributed by atoms with E-state index in [9.17, 15) is 9.59 Å². The number of hydrogen-bond donors (Lipinski definition) is 2. The Labute approximate surface area is 127 Å². The third-order valence-electron chi connectivity index (χ3n) is 3.00. The van der Waals surface area contributed by atoms with Crippen molar-refractivity contribution in [2.45, 2.75) is 26.0 Å². The van der Waals surface area contributed by atoms with Gasteiger partial charge in [-0.2, -0.15) is 4.98 Å². The van der Waals surface area contributed by atoms with Gasteiger partial charge >= 0.3 is 5.97 Å². The molecule has 2 aromatic rings. The number of carbonyl (C=O) groups excluding carboxylic acids is 1. The number of imidazole rings is 1. The minimum Gasteiger partial charge on any atom is -0.461 e. The van der Waals surface area contributed by atoms with Crippen LogP contribution in [0.15, 0.2) is 11.1 Å². The van der Waals surface area contributed by atoms with Gasteiger partial charge in [0.2, 0.25) is 5.95 Å². The summed E-state index contributed by atoms with van der Waals surface area (Å²) in [5, 5.41) is 0. The molecule has 2 aromatic heterocycles. The van der Waals surface area contributed by atoms with Crippen molar-refractivity contribution in [3.05, 3.63) is 16.7 Å². The Morgan fingerprint density at radius 2 is 2.27 bits per heavy atom. The lowest BCUT2D eigenvalue weighted by molar-refractivity contribution is -0.149. The lowest BCUT2D eigenvalue weighted by Crippen LogP contribution is -2.28. The molecule has 0 aliphatic heterocycles. The van der Waals surface area contributed by atoms with Crippen molar-refractivity contribution in [3.63, 3.8) is 0 Å². The standard InChI is InChI=1S/C13H20N6O3/c1-8(6-18(2)3)22-9(20)4-5-19-7-15-10-11(19)16-13(14)17-12(10)21/h7-8H,4-6H2,1-3H3,(H3,14,16,17,21). The summed E-state index contributed by atoms with van der Waals surface area (Å²) in [5.74, 6) is -0.296. The summed E-state index contributed by atoms with van der Waals surface area (Å²) in [7, 11) is 3.82. The normalized spacial score (nSPS) is 12.7. The lowest BCUT2D eigenvalue weighted by atomic mass is 10.3. The van der Waals surface area contributed by atoms with Gasteiger partial charge in [0, 0.05) is 13.1 Å². The van der Waals surface area contributed by atoms with E-state index in [1.54, 1.807) is 4.57 Å². The van der Waals surface area contributed by atoms with E-state index in [0.717, 1.165) is 0 Å². The number of fused-ring (bicyclic) bond motifs is 1. The zero-order chi connectivity index (χ0) is 16.3. The average Bonchev–Trinajstić information content (AvgIpc) is 2.78. The Morgan fingerprint density at radius 3 is 2.95 bits per heavy atom. The predicted octanol–water partition coefficient (Wildman–Crippen LogP) is -0.415. The first-order valence-corrected chi connectivity index (χ1v) is 6.91. The van der Waals surface area contributed by atoms with Crippen LogP contribution >= 0.6 is 0 Å². The number of nitrogens with two attached hydrogens (primary N) is 1. The first-order chi connectivity index (χ1) is 10.4. The highest BCUT2D eigenvalue weighted by Gasteiger charge is 2.13. The highest BCUT2D eigenvalue weighted by molar-refractivity contribution is 5.72. The van der Waals surface area contributed by atoms with Crippen LogP contribution in [-0.4, -0.2) is 57.1 Å². The minimum absolute atomic E-state index is 0.0152. The Hall–Kier alpha value is -2.42. The molecule has 0 spiro atoms. The van der Waals surface area contributed by atoms with E-state index in [1.807, 2.05) is 25.9 Å². The molecule has 9 nitrogen and oxygen atoms in total. The van der Waals surface area contributed by atoms with Crippen molar-refractivity contribution in [3.8, 4) is 0 Å². The van der Waals surface area contributed by atoms with Crippen LogP contribution in [0.3, 0.4) is 0 Å². The topological polar surface area (TPSA) is 119 Å². The SMILES string of the molecule is CC(CN(C)C)OC(=O)CCn1cnc2c(=O)[nH]c(N)nc21. The molecule has 0 amide bonds. The molecule has 9 heteroatoms. The monoisotopic (exact) mass is 308 g/mol. The number of aryl methyl sites for hydroxylation is 1. The molecule has 0 saturated carbocycles. The van der Waals surface area contributed by atoms with Gasteiger partial charge in [-0.05, 0) is 21.0 Å². The van der Waals surface area contributed by atoms with Gasteiger partial charge in [-0.15, -0.1) is 0 Å². The second-order valence-corrected chi connectivity index (χ2v) is 5.37. The maximum absolute atomic E-state index is 11.8. The van der Waals surface area contributed by atoms with Crippen LogP contribution in [0.25, 0.3) is 11.2 Å². The summed E-state index contributed by atoms with van der Waals surface area (Å²) < 4.78 is 6.90. The zero-order valence-electron chi connectivity index (χ0n) is 12.9. The van der Waals surface area contributed by atoms with Crippen LogP contribution in [0.5, 0.6) is 0 Å². The van der Waals surface area contributed by atoms with Gasteiger partial charge in [-0.1, -0.05) is 0 Å². The Balaban J connectivity index is 2.00. The first-order valence-electron chi connectivity index (χ1n) is 6.91. The third-order valence-corrected chi connectivity index (χ3v) is 3.00. The second kappa shape index (κ2) is 6.56. The molecule has 0 radical (unpaired) electrons. The quantitative estimate of drug-likeness (QED) is 0.696. The van der Waals surface area contributed by atoms with Gasteiger partial charge in [0.25, 0.3) is 5.56 Å². The van der Waals surface area contributed by atoms with Gasteiger partial charge in [0.15, 0.2) is 11.2 Å². The number of rotatable bonds is 6. The summed E-state index contributed by atoms with van der Waals surface area (Å²) in [5.41, 5.74) is 5.67. The molecule has 0 bridgehead atoms. The molecule has 0 saturated heterocycles.